The van der Waals surface area contributed by atoms with Crippen molar-refractivity contribution in [2.45, 2.75) is 20.0 Å². The van der Waals surface area contributed by atoms with Gasteiger partial charge in [-0.25, -0.2) is 4.99 Å². The molecule has 0 saturated heterocycles. The van der Waals surface area contributed by atoms with E-state index in [2.05, 4.69) is 15.6 Å². The van der Waals surface area contributed by atoms with Crippen LogP contribution in [-0.4, -0.2) is 24.7 Å². The second-order valence-corrected chi connectivity index (χ2v) is 5.52. The zero-order valence-electron chi connectivity index (χ0n) is 14.3. The van der Waals surface area contributed by atoms with Crippen molar-refractivity contribution in [3.8, 4) is 11.5 Å². The number of phenols is 1. The van der Waals surface area contributed by atoms with Crippen molar-refractivity contribution < 1.29 is 9.84 Å². The number of nitrogens with one attached hydrogen (secondary N) is 2. The van der Waals surface area contributed by atoms with Crippen molar-refractivity contribution in [2.24, 2.45) is 4.99 Å². The Morgan fingerprint density at radius 2 is 1.84 bits per heavy atom. The van der Waals surface area contributed by atoms with Gasteiger partial charge in [0.25, 0.3) is 0 Å². The summed E-state index contributed by atoms with van der Waals surface area (Å²) in [5, 5.41) is 17.2. The Balaban J connectivity index is 0.00000312. The van der Waals surface area contributed by atoms with Gasteiger partial charge >= 0.3 is 0 Å². The van der Waals surface area contributed by atoms with Crippen molar-refractivity contribution in [3.05, 3.63) is 58.6 Å². The van der Waals surface area contributed by atoms with Gasteiger partial charge in [-0.3, -0.25) is 0 Å². The van der Waals surface area contributed by atoms with Gasteiger partial charge in [0.2, 0.25) is 0 Å². The smallest absolute Gasteiger partial charge is 0.191 e. The molecule has 2 rings (SSSR count). The van der Waals surface area contributed by atoms with Gasteiger partial charge in [-0.05, 0) is 24.6 Å². The zero-order valence-corrected chi connectivity index (χ0v) is 17.3. The highest BCUT2D eigenvalue weighted by Gasteiger charge is 2.07. The molecule has 0 saturated carbocycles. The Bertz CT molecular complexity index is 710. The van der Waals surface area contributed by atoms with E-state index in [4.69, 9.17) is 16.3 Å². The minimum absolute atomic E-state index is 0. The first-order chi connectivity index (χ1) is 11.7. The van der Waals surface area contributed by atoms with Crippen LogP contribution in [0.2, 0.25) is 5.02 Å². The normalized spacial score (nSPS) is 10.8. The van der Waals surface area contributed by atoms with Gasteiger partial charge in [-0.15, -0.1) is 24.0 Å². The fourth-order valence-corrected chi connectivity index (χ4v) is 2.39. The number of phenolic OH excluding ortho intramolecular Hbond substituents is 1. The van der Waals surface area contributed by atoms with Gasteiger partial charge in [0, 0.05) is 23.7 Å². The summed E-state index contributed by atoms with van der Waals surface area (Å²) in [6.45, 7) is 3.63. The number of halogens is 2. The van der Waals surface area contributed by atoms with E-state index in [0.29, 0.717) is 35.4 Å². The summed E-state index contributed by atoms with van der Waals surface area (Å²) in [5.41, 5.74) is 1.69. The Kier molecular flexibility index (Phi) is 9.44. The van der Waals surface area contributed by atoms with E-state index < -0.39 is 0 Å². The molecule has 0 heterocycles. The van der Waals surface area contributed by atoms with E-state index in [0.717, 1.165) is 12.1 Å². The summed E-state index contributed by atoms with van der Waals surface area (Å²) in [5.74, 6) is 1.21. The summed E-state index contributed by atoms with van der Waals surface area (Å²) in [6.07, 6.45) is 0. The fraction of sp³-hybridized carbons (Fsp3) is 0.278. The lowest BCUT2D eigenvalue weighted by molar-refractivity contribution is 0.370. The topological polar surface area (TPSA) is 65.9 Å². The first-order valence-electron chi connectivity index (χ1n) is 7.76. The second-order valence-electron chi connectivity index (χ2n) is 5.11. The van der Waals surface area contributed by atoms with Crippen LogP contribution < -0.4 is 15.4 Å². The first-order valence-corrected chi connectivity index (χ1v) is 8.14. The number of aromatic hydroxyl groups is 1. The van der Waals surface area contributed by atoms with E-state index in [-0.39, 0.29) is 29.7 Å². The molecule has 25 heavy (non-hydrogen) atoms. The highest BCUT2D eigenvalue weighted by molar-refractivity contribution is 14.0. The molecule has 3 N–H and O–H groups in total. The van der Waals surface area contributed by atoms with E-state index >= 15 is 0 Å². The first kappa shape index (κ1) is 21.4. The Morgan fingerprint density at radius 1 is 1.12 bits per heavy atom. The molecule has 5 nitrogen and oxygen atoms in total. The summed E-state index contributed by atoms with van der Waals surface area (Å²) in [7, 11) is 1.53. The third-order valence-corrected chi connectivity index (χ3v) is 3.83. The molecule has 0 aromatic heterocycles. The molecule has 7 heteroatoms. The van der Waals surface area contributed by atoms with E-state index in [1.54, 1.807) is 6.07 Å². The van der Waals surface area contributed by atoms with Gasteiger partial charge in [0.05, 0.1) is 13.7 Å². The van der Waals surface area contributed by atoms with Crippen LogP contribution in [0.4, 0.5) is 0 Å². The Morgan fingerprint density at radius 3 is 2.52 bits per heavy atom. The maximum Gasteiger partial charge on any atom is 0.191 e. The number of hydrogen-bond donors (Lipinski definition) is 3. The Hall–Kier alpha value is -1.67. The molecule has 2 aromatic carbocycles. The van der Waals surface area contributed by atoms with E-state index in [9.17, 15) is 5.11 Å². The fourth-order valence-electron chi connectivity index (χ4n) is 2.19. The van der Waals surface area contributed by atoms with Crippen LogP contribution in [0.3, 0.4) is 0 Å². The largest absolute Gasteiger partial charge is 0.504 e. The van der Waals surface area contributed by atoms with Crippen LogP contribution in [-0.2, 0) is 13.1 Å². The maximum absolute atomic E-state index is 10.1. The quantitative estimate of drug-likeness (QED) is 0.336. The summed E-state index contributed by atoms with van der Waals surface area (Å²) >= 11 is 6.16. The van der Waals surface area contributed by atoms with E-state index in [1.807, 2.05) is 43.3 Å². The predicted octanol–water partition coefficient (Wildman–Crippen LogP) is 3.93. The number of benzene rings is 2. The highest BCUT2D eigenvalue weighted by atomic mass is 127. The molecule has 0 amide bonds. The lowest BCUT2D eigenvalue weighted by Crippen LogP contribution is -2.36. The maximum atomic E-state index is 10.1. The molecule has 0 bridgehead atoms. The number of nitrogens with zero attached hydrogens (tertiary/aromatic N) is 1. The molecule has 0 aliphatic carbocycles. The molecule has 0 unspecified atom stereocenters. The summed E-state index contributed by atoms with van der Waals surface area (Å²) in [4.78, 5) is 4.50. The van der Waals surface area contributed by atoms with Gasteiger partial charge in [0.1, 0.15) is 0 Å². The number of methoxy groups -OCH3 is 1. The average Bonchev–Trinajstić information content (AvgIpc) is 2.59. The van der Waals surface area contributed by atoms with Crippen LogP contribution in [0.15, 0.2) is 47.5 Å². The van der Waals surface area contributed by atoms with Crippen molar-refractivity contribution >= 4 is 41.5 Å². The standard InChI is InChI=1S/C18H22ClN3O2.HI/c1-3-20-18(21-11-13-7-4-5-9-15(13)19)22-12-14-8-6-10-16(24-2)17(14)23;/h4-10,23H,3,11-12H2,1-2H3,(H2,20,21,22);1H. The summed E-state index contributed by atoms with van der Waals surface area (Å²) < 4.78 is 5.11. The van der Waals surface area contributed by atoms with Crippen molar-refractivity contribution in [1.29, 1.82) is 0 Å². The molecule has 136 valence electrons. The third-order valence-electron chi connectivity index (χ3n) is 3.46. The van der Waals surface area contributed by atoms with Gasteiger partial charge in [-0.1, -0.05) is 41.9 Å². The van der Waals surface area contributed by atoms with Crippen molar-refractivity contribution in [1.82, 2.24) is 10.6 Å². The van der Waals surface area contributed by atoms with Crippen LogP contribution in [0.25, 0.3) is 0 Å². The van der Waals surface area contributed by atoms with Gasteiger partial charge in [-0.2, -0.15) is 0 Å². The lowest BCUT2D eigenvalue weighted by atomic mass is 10.2. The monoisotopic (exact) mass is 475 g/mol. The van der Waals surface area contributed by atoms with Crippen molar-refractivity contribution in [3.63, 3.8) is 0 Å². The number of rotatable bonds is 6. The van der Waals surface area contributed by atoms with Crippen LogP contribution in [0.1, 0.15) is 18.1 Å². The highest BCUT2D eigenvalue weighted by Crippen LogP contribution is 2.29. The third kappa shape index (κ3) is 6.28. The summed E-state index contributed by atoms with van der Waals surface area (Å²) in [6, 6.07) is 13.0. The molecule has 0 radical (unpaired) electrons. The Labute approximate surface area is 170 Å². The number of hydrogen-bond acceptors (Lipinski definition) is 3. The minimum atomic E-state index is 0. The molecule has 0 spiro atoms. The minimum Gasteiger partial charge on any atom is -0.504 e. The van der Waals surface area contributed by atoms with Crippen LogP contribution >= 0.6 is 35.6 Å². The second kappa shape index (κ2) is 11.0. The molecular weight excluding hydrogens is 453 g/mol. The van der Waals surface area contributed by atoms with Crippen LogP contribution in [0, 0.1) is 0 Å². The van der Waals surface area contributed by atoms with Gasteiger partial charge in [0.15, 0.2) is 17.5 Å². The van der Waals surface area contributed by atoms with Crippen LogP contribution in [0.5, 0.6) is 11.5 Å². The molecule has 0 aliphatic rings. The molecule has 0 fully saturated rings. The number of ether oxygens (including phenoxy) is 1. The average molecular weight is 476 g/mol. The zero-order chi connectivity index (χ0) is 17.4. The SMILES string of the molecule is CCNC(=NCc1cccc(OC)c1O)NCc1ccccc1Cl.I. The number of guanidine groups is 1. The van der Waals surface area contributed by atoms with E-state index in [1.165, 1.54) is 7.11 Å². The van der Waals surface area contributed by atoms with Crippen molar-refractivity contribution in [2.75, 3.05) is 13.7 Å². The lowest BCUT2D eigenvalue weighted by Gasteiger charge is -2.13. The molecule has 2 aromatic rings. The van der Waals surface area contributed by atoms with Gasteiger partial charge < -0.3 is 20.5 Å². The molecule has 0 atom stereocenters. The molecular formula is C18H23ClIN3O2. The number of para-hydroxylation sites is 1. The predicted molar refractivity (Wildman–Crippen MR) is 113 cm³/mol. The number of aliphatic imine (C=N–C) groups is 1. The molecule has 0 aliphatic heterocycles.